The van der Waals surface area contributed by atoms with Crippen molar-refractivity contribution in [3.8, 4) is 11.6 Å². The number of aliphatic hydroxyl groups is 1. The highest BCUT2D eigenvalue weighted by Gasteiger charge is 2.51. The van der Waals surface area contributed by atoms with E-state index in [0.29, 0.717) is 16.7 Å². The normalized spacial score (nSPS) is 20.4. The van der Waals surface area contributed by atoms with Gasteiger partial charge in [0, 0.05) is 30.1 Å². The van der Waals surface area contributed by atoms with Gasteiger partial charge in [-0.1, -0.05) is 5.16 Å². The number of nitrogens with zero attached hydrogens (tertiary/aromatic N) is 6. The summed E-state index contributed by atoms with van der Waals surface area (Å²) >= 11 is 0. The molecule has 0 aliphatic carbocycles. The second kappa shape index (κ2) is 8.90. The second-order valence-electron chi connectivity index (χ2n) is 8.06. The fourth-order valence-corrected chi connectivity index (χ4v) is 3.81. The van der Waals surface area contributed by atoms with Crippen molar-refractivity contribution >= 4 is 40.1 Å². The number of amides is 2. The van der Waals surface area contributed by atoms with Crippen molar-refractivity contribution in [1.29, 1.82) is 0 Å². The maximum atomic E-state index is 13.4. The largest absolute Gasteiger partial charge is 0.480 e. The van der Waals surface area contributed by atoms with Crippen LogP contribution in [0, 0.1) is 0 Å². The molecule has 4 heterocycles. The Morgan fingerprint density at radius 3 is 3.08 bits per heavy atom. The molecule has 4 N–H and O–H groups in total. The van der Waals surface area contributed by atoms with Gasteiger partial charge in [0.15, 0.2) is 28.9 Å². The average molecular weight is 497 g/mol. The molecule has 5 rings (SSSR count). The number of nitrogens with one attached hydrogen (secondary N) is 1. The Labute approximate surface area is 207 Å². The van der Waals surface area contributed by atoms with Gasteiger partial charge in [-0.2, -0.15) is 5.10 Å². The predicted molar refractivity (Wildman–Crippen MR) is 125 cm³/mol. The van der Waals surface area contributed by atoms with Gasteiger partial charge < -0.3 is 30.2 Å². The van der Waals surface area contributed by atoms with Gasteiger partial charge in [0.25, 0.3) is 11.8 Å². The molecule has 0 bridgehead atoms. The van der Waals surface area contributed by atoms with E-state index < -0.39 is 30.6 Å². The summed E-state index contributed by atoms with van der Waals surface area (Å²) in [7, 11) is -2.71. The number of carbonyl (C=O) groups excluding carboxylic acids is 2. The molecule has 1 unspecified atom stereocenters. The Balaban J connectivity index is 1.32. The smallest absolute Gasteiger partial charge is 0.263 e. The first-order valence-electron chi connectivity index (χ1n) is 12.1. The van der Waals surface area contributed by atoms with Crippen molar-refractivity contribution in [2.24, 2.45) is 0 Å². The first-order chi connectivity index (χ1) is 18.4. The van der Waals surface area contributed by atoms with Crippen LogP contribution in [0.2, 0.25) is 0 Å². The van der Waals surface area contributed by atoms with Gasteiger partial charge in [-0.05, 0) is 19.1 Å². The van der Waals surface area contributed by atoms with Crippen LogP contribution < -0.4 is 20.7 Å². The van der Waals surface area contributed by atoms with E-state index in [0.717, 1.165) is 0 Å². The molecule has 14 nitrogen and oxygen atoms in total. The summed E-state index contributed by atoms with van der Waals surface area (Å²) in [5.74, 6) is -1.41. The standard InChI is InChI=1S/C22H22N8O6/c1-22(18(31)20(32)25-12-3-4-14-15(9-12)36-28-19(14)23)21(33)29(7-8-35-22)16-5-6-30(27-16)13-10-17(34-2)26-24-11-13/h3-6,9-11,18,31H,7-8H2,1-2H3,(H2,23,28)(H,25,32)/t18?,22-/m1/s1/i2D3. The number of carbonyl (C=O) groups is 2. The fourth-order valence-electron chi connectivity index (χ4n) is 3.81. The topological polar surface area (TPSA) is 184 Å². The number of rotatable bonds is 6. The van der Waals surface area contributed by atoms with Gasteiger partial charge in [0.2, 0.25) is 5.88 Å². The molecule has 0 spiro atoms. The van der Waals surface area contributed by atoms with Crippen LogP contribution in [0.15, 0.2) is 47.2 Å². The van der Waals surface area contributed by atoms with E-state index in [1.165, 1.54) is 47.1 Å². The quantitative estimate of drug-likeness (QED) is 0.337. The molecular weight excluding hydrogens is 472 g/mol. The molecule has 1 saturated heterocycles. The summed E-state index contributed by atoms with van der Waals surface area (Å²) in [6.45, 7) is 1.43. The minimum Gasteiger partial charge on any atom is -0.480 e. The van der Waals surface area contributed by atoms with Gasteiger partial charge in [0.1, 0.15) is 0 Å². The van der Waals surface area contributed by atoms with Crippen LogP contribution in [0.25, 0.3) is 16.7 Å². The number of methoxy groups -OCH3 is 1. The maximum absolute atomic E-state index is 13.4. The van der Waals surface area contributed by atoms with Crippen molar-refractivity contribution < 1.29 is 32.8 Å². The molecule has 2 atom stereocenters. The van der Waals surface area contributed by atoms with Gasteiger partial charge in [-0.15, -0.1) is 10.2 Å². The summed E-state index contributed by atoms with van der Waals surface area (Å²) in [6, 6.07) is 7.48. The molecule has 2 amide bonds. The van der Waals surface area contributed by atoms with Crippen molar-refractivity contribution in [2.45, 2.75) is 18.6 Å². The lowest BCUT2D eigenvalue weighted by molar-refractivity contribution is -0.170. The molecule has 1 aromatic carbocycles. The number of fused-ring (bicyclic) bond motifs is 1. The van der Waals surface area contributed by atoms with Crippen molar-refractivity contribution in [3.63, 3.8) is 0 Å². The lowest BCUT2D eigenvalue weighted by Crippen LogP contribution is -2.63. The van der Waals surface area contributed by atoms with Crippen LogP contribution >= 0.6 is 0 Å². The molecule has 4 aromatic rings. The fraction of sp³-hybridized carbons (Fsp3) is 0.273. The first kappa shape index (κ1) is 19.7. The van der Waals surface area contributed by atoms with Crippen LogP contribution in [0.4, 0.5) is 17.3 Å². The summed E-state index contributed by atoms with van der Waals surface area (Å²) in [6.07, 6.45) is 0.961. The molecule has 3 aromatic heterocycles. The number of hydrogen-bond donors (Lipinski definition) is 3. The van der Waals surface area contributed by atoms with Crippen LogP contribution in [0.3, 0.4) is 0 Å². The Hall–Kier alpha value is -4.56. The van der Waals surface area contributed by atoms with E-state index in [9.17, 15) is 14.7 Å². The maximum Gasteiger partial charge on any atom is 0.263 e. The van der Waals surface area contributed by atoms with Crippen molar-refractivity contribution in [2.75, 3.05) is 36.1 Å². The molecule has 1 aliphatic heterocycles. The highest BCUT2D eigenvalue weighted by Crippen LogP contribution is 2.29. The van der Waals surface area contributed by atoms with Crippen LogP contribution in [-0.4, -0.2) is 74.0 Å². The molecular formula is C22H22N8O6. The highest BCUT2D eigenvalue weighted by molar-refractivity contribution is 6.06. The third-order valence-corrected chi connectivity index (χ3v) is 5.76. The van der Waals surface area contributed by atoms with E-state index in [2.05, 4.69) is 25.8 Å². The number of morpholine rings is 1. The van der Waals surface area contributed by atoms with E-state index >= 15 is 0 Å². The van der Waals surface area contributed by atoms with Gasteiger partial charge in [-0.25, -0.2) is 4.68 Å². The molecule has 0 radical (unpaired) electrons. The van der Waals surface area contributed by atoms with E-state index in [1.807, 2.05) is 0 Å². The molecule has 0 saturated carbocycles. The predicted octanol–water partition coefficient (Wildman–Crippen LogP) is 0.516. The third-order valence-electron chi connectivity index (χ3n) is 5.76. The van der Waals surface area contributed by atoms with Gasteiger partial charge >= 0.3 is 0 Å². The minimum atomic E-state index is -2.71. The number of ether oxygens (including phenoxy) is 2. The zero-order chi connectivity index (χ0) is 27.9. The number of hydrogen-bond acceptors (Lipinski definition) is 11. The number of nitrogen functional groups attached to an aromatic ring is 1. The van der Waals surface area contributed by atoms with E-state index in [-0.39, 0.29) is 36.4 Å². The number of benzene rings is 1. The molecule has 14 heteroatoms. The van der Waals surface area contributed by atoms with Crippen molar-refractivity contribution in [3.05, 3.63) is 42.7 Å². The zero-order valence-corrected chi connectivity index (χ0v) is 18.8. The average Bonchev–Trinajstić information content (AvgIpc) is 3.51. The number of nitrogens with two attached hydrogens (primary N) is 1. The van der Waals surface area contributed by atoms with Crippen molar-refractivity contribution in [1.82, 2.24) is 25.1 Å². The Morgan fingerprint density at radius 2 is 2.25 bits per heavy atom. The van der Waals surface area contributed by atoms with Gasteiger partial charge in [-0.3, -0.25) is 14.5 Å². The molecule has 1 aliphatic rings. The lowest BCUT2D eigenvalue weighted by atomic mass is 9.94. The summed E-state index contributed by atoms with van der Waals surface area (Å²) in [5.41, 5.74) is 4.72. The molecule has 36 heavy (non-hydrogen) atoms. The second-order valence-corrected chi connectivity index (χ2v) is 8.06. The number of aromatic nitrogens is 5. The van der Waals surface area contributed by atoms with Crippen LogP contribution in [0.1, 0.15) is 11.0 Å². The van der Waals surface area contributed by atoms with E-state index in [4.69, 9.17) is 23.8 Å². The van der Waals surface area contributed by atoms with Crippen LogP contribution in [-0.2, 0) is 14.3 Å². The molecule has 1 fully saturated rings. The summed E-state index contributed by atoms with van der Waals surface area (Å²) < 4.78 is 38.4. The summed E-state index contributed by atoms with van der Waals surface area (Å²) in [4.78, 5) is 27.6. The number of aliphatic hydroxyl groups excluding tert-OH is 1. The first-order valence-corrected chi connectivity index (χ1v) is 10.6. The van der Waals surface area contributed by atoms with Crippen LogP contribution in [0.5, 0.6) is 5.88 Å². The zero-order valence-electron chi connectivity index (χ0n) is 21.8. The Kier molecular flexibility index (Phi) is 4.88. The Morgan fingerprint density at radius 1 is 1.39 bits per heavy atom. The Bertz CT molecular complexity index is 1560. The number of anilines is 3. The molecule has 186 valence electrons. The van der Waals surface area contributed by atoms with E-state index in [1.54, 1.807) is 12.1 Å². The minimum absolute atomic E-state index is 0.0100. The lowest BCUT2D eigenvalue weighted by Gasteiger charge is -2.40. The third kappa shape index (κ3) is 3.97. The monoisotopic (exact) mass is 497 g/mol. The van der Waals surface area contributed by atoms with Gasteiger partial charge in [0.05, 0.1) is 41.6 Å². The SMILES string of the molecule is [2H]C([2H])([2H])Oc1cc(-n2ccc(N3CCO[C@](C)(C(O)C(=O)Nc4ccc5c(N)noc5c4)C3=O)n2)cnn1. The highest BCUT2D eigenvalue weighted by atomic mass is 16.5. The summed E-state index contributed by atoms with van der Waals surface area (Å²) in [5, 5.41) is 29.3.